The first kappa shape index (κ1) is 17.2. The number of aromatic hydroxyl groups is 1. The van der Waals surface area contributed by atoms with E-state index in [1.807, 2.05) is 6.07 Å². The highest BCUT2D eigenvalue weighted by atomic mass is 16.5. The molecule has 0 radical (unpaired) electrons. The molecule has 24 heavy (non-hydrogen) atoms. The molecular weight excluding hydrogens is 308 g/mol. The predicted molar refractivity (Wildman–Crippen MR) is 89.1 cm³/mol. The van der Waals surface area contributed by atoms with Gasteiger partial charge in [-0.05, 0) is 36.2 Å². The van der Waals surface area contributed by atoms with Gasteiger partial charge in [-0.1, -0.05) is 18.2 Å². The molecule has 0 saturated heterocycles. The van der Waals surface area contributed by atoms with E-state index in [0.717, 1.165) is 0 Å². The summed E-state index contributed by atoms with van der Waals surface area (Å²) in [4.78, 5) is 12.4. The number of nitriles is 1. The number of carbonyl (C=O) groups excluding carboxylic acids is 1. The van der Waals surface area contributed by atoms with Crippen molar-refractivity contribution in [2.24, 2.45) is 5.92 Å². The number of hydrogen-bond acceptors (Lipinski definition) is 5. The van der Waals surface area contributed by atoms with Gasteiger partial charge in [-0.2, -0.15) is 5.26 Å². The summed E-state index contributed by atoms with van der Waals surface area (Å²) in [5.74, 6) is -0.477. The van der Waals surface area contributed by atoms with Crippen LogP contribution in [0.15, 0.2) is 42.5 Å². The normalized spacial score (nSPS) is 11.2. The van der Waals surface area contributed by atoms with Gasteiger partial charge in [0.2, 0.25) is 5.91 Å². The highest BCUT2D eigenvalue weighted by Crippen LogP contribution is 2.28. The van der Waals surface area contributed by atoms with Gasteiger partial charge in [-0.25, -0.2) is 0 Å². The van der Waals surface area contributed by atoms with Gasteiger partial charge in [0.05, 0.1) is 26.0 Å². The van der Waals surface area contributed by atoms with Crippen molar-refractivity contribution in [3.8, 4) is 23.3 Å². The van der Waals surface area contributed by atoms with Gasteiger partial charge in [0.1, 0.15) is 11.7 Å². The molecule has 2 aromatic rings. The molecule has 6 nitrogen and oxygen atoms in total. The maximum Gasteiger partial charge on any atom is 0.242 e. The zero-order chi connectivity index (χ0) is 17.5. The van der Waals surface area contributed by atoms with Crippen LogP contribution in [0.2, 0.25) is 0 Å². The molecule has 0 heterocycles. The minimum Gasteiger partial charge on any atom is -0.504 e. The first-order chi connectivity index (χ1) is 11.6. The molecule has 0 saturated carbocycles. The van der Waals surface area contributed by atoms with Gasteiger partial charge in [0, 0.05) is 0 Å². The Morgan fingerprint density at radius 3 is 2.58 bits per heavy atom. The largest absolute Gasteiger partial charge is 0.504 e. The van der Waals surface area contributed by atoms with Crippen LogP contribution < -0.4 is 14.8 Å². The number of rotatable bonds is 6. The molecule has 0 spiro atoms. The third-order valence-electron chi connectivity index (χ3n) is 3.52. The lowest BCUT2D eigenvalue weighted by molar-refractivity contribution is -0.118. The quantitative estimate of drug-likeness (QED) is 0.851. The number of benzene rings is 2. The Kier molecular flexibility index (Phi) is 5.63. The third kappa shape index (κ3) is 3.96. The summed E-state index contributed by atoms with van der Waals surface area (Å²) in [6, 6.07) is 13.7. The van der Waals surface area contributed by atoms with Crippen molar-refractivity contribution >= 4 is 11.6 Å². The van der Waals surface area contributed by atoms with Gasteiger partial charge in [0.25, 0.3) is 0 Å². The van der Waals surface area contributed by atoms with Crippen LogP contribution in [0.4, 0.5) is 5.69 Å². The number of ether oxygens (including phenoxy) is 2. The Labute approximate surface area is 140 Å². The van der Waals surface area contributed by atoms with Crippen LogP contribution in [0.5, 0.6) is 17.2 Å². The van der Waals surface area contributed by atoms with Crippen molar-refractivity contribution in [3.05, 3.63) is 48.0 Å². The van der Waals surface area contributed by atoms with Crippen molar-refractivity contribution in [2.45, 2.75) is 6.42 Å². The van der Waals surface area contributed by atoms with E-state index in [0.29, 0.717) is 22.7 Å². The summed E-state index contributed by atoms with van der Waals surface area (Å²) < 4.78 is 10.2. The van der Waals surface area contributed by atoms with Crippen LogP contribution in [0.1, 0.15) is 5.56 Å². The molecule has 2 rings (SSSR count). The second kappa shape index (κ2) is 7.88. The molecule has 1 amide bonds. The number of hydrogen-bond donors (Lipinski definition) is 2. The summed E-state index contributed by atoms with van der Waals surface area (Å²) in [6.07, 6.45) is 0.203. The maximum absolute atomic E-state index is 12.4. The summed E-state index contributed by atoms with van der Waals surface area (Å²) >= 11 is 0. The molecule has 0 aliphatic rings. The Balaban J connectivity index is 2.13. The van der Waals surface area contributed by atoms with E-state index >= 15 is 0 Å². The second-order valence-corrected chi connectivity index (χ2v) is 5.08. The molecule has 0 aliphatic heterocycles. The molecule has 2 N–H and O–H groups in total. The Morgan fingerprint density at radius 2 is 1.92 bits per heavy atom. The molecule has 0 fully saturated rings. The number of methoxy groups -OCH3 is 2. The fraction of sp³-hybridized carbons (Fsp3) is 0.222. The van der Waals surface area contributed by atoms with E-state index in [1.54, 1.807) is 36.4 Å². The van der Waals surface area contributed by atoms with E-state index in [4.69, 9.17) is 9.47 Å². The van der Waals surface area contributed by atoms with E-state index in [9.17, 15) is 15.2 Å². The average Bonchev–Trinajstić information content (AvgIpc) is 2.61. The monoisotopic (exact) mass is 326 g/mol. The van der Waals surface area contributed by atoms with Crippen molar-refractivity contribution < 1.29 is 19.4 Å². The molecule has 2 aromatic carbocycles. The highest BCUT2D eigenvalue weighted by Gasteiger charge is 2.20. The van der Waals surface area contributed by atoms with E-state index in [-0.39, 0.29) is 12.2 Å². The van der Waals surface area contributed by atoms with E-state index < -0.39 is 11.8 Å². The lowest BCUT2D eigenvalue weighted by Gasteiger charge is -2.13. The predicted octanol–water partition coefficient (Wildman–Crippen LogP) is 2.73. The SMILES string of the molecule is COc1cc(C[C@@H](C#N)C(=O)Nc2ccccc2OC)ccc1O. The number of amides is 1. The number of nitrogens with one attached hydrogen (secondary N) is 1. The molecule has 0 unspecified atom stereocenters. The van der Waals surface area contributed by atoms with Crippen molar-refractivity contribution in [1.29, 1.82) is 5.26 Å². The fourth-order valence-electron chi connectivity index (χ4n) is 2.25. The molecule has 1 atom stereocenters. The van der Waals surface area contributed by atoms with Crippen molar-refractivity contribution in [2.75, 3.05) is 19.5 Å². The molecule has 6 heteroatoms. The Morgan fingerprint density at radius 1 is 1.21 bits per heavy atom. The first-order valence-corrected chi connectivity index (χ1v) is 7.28. The average molecular weight is 326 g/mol. The number of para-hydroxylation sites is 2. The van der Waals surface area contributed by atoms with E-state index in [2.05, 4.69) is 5.32 Å². The van der Waals surface area contributed by atoms with Gasteiger partial charge >= 0.3 is 0 Å². The zero-order valence-corrected chi connectivity index (χ0v) is 13.4. The number of nitrogens with zero attached hydrogens (tertiary/aromatic N) is 1. The van der Waals surface area contributed by atoms with Crippen LogP contribution in [-0.2, 0) is 11.2 Å². The second-order valence-electron chi connectivity index (χ2n) is 5.08. The minimum absolute atomic E-state index is 0.00762. The number of anilines is 1. The van der Waals surface area contributed by atoms with Crippen LogP contribution in [0, 0.1) is 17.2 Å². The molecular formula is C18H18N2O4. The fourth-order valence-corrected chi connectivity index (χ4v) is 2.25. The van der Waals surface area contributed by atoms with Crippen LogP contribution in [0.3, 0.4) is 0 Å². The van der Waals surface area contributed by atoms with Gasteiger partial charge in [0.15, 0.2) is 11.5 Å². The standard InChI is InChI=1S/C18H18N2O4/c1-23-16-6-4-3-5-14(16)20-18(22)13(11-19)9-12-7-8-15(21)17(10-12)24-2/h3-8,10,13,21H,9H2,1-2H3,(H,20,22)/t13-/m0/s1. The zero-order valence-electron chi connectivity index (χ0n) is 13.4. The maximum atomic E-state index is 12.4. The third-order valence-corrected chi connectivity index (χ3v) is 3.52. The number of carbonyl (C=O) groups is 1. The summed E-state index contributed by atoms with van der Waals surface area (Å²) in [6.45, 7) is 0. The van der Waals surface area contributed by atoms with Gasteiger partial charge in [-0.3, -0.25) is 4.79 Å². The first-order valence-electron chi connectivity index (χ1n) is 7.28. The van der Waals surface area contributed by atoms with Gasteiger partial charge in [-0.15, -0.1) is 0 Å². The van der Waals surface area contributed by atoms with Crippen LogP contribution in [0.25, 0.3) is 0 Å². The highest BCUT2D eigenvalue weighted by molar-refractivity contribution is 5.95. The Bertz CT molecular complexity index is 768. The van der Waals surface area contributed by atoms with Gasteiger partial charge < -0.3 is 19.9 Å². The summed E-state index contributed by atoms with van der Waals surface area (Å²) in [5, 5.41) is 21.6. The van der Waals surface area contributed by atoms with Crippen molar-refractivity contribution in [1.82, 2.24) is 0 Å². The molecule has 124 valence electrons. The lowest BCUT2D eigenvalue weighted by Crippen LogP contribution is -2.23. The van der Waals surface area contributed by atoms with Crippen molar-refractivity contribution in [3.63, 3.8) is 0 Å². The van der Waals surface area contributed by atoms with Crippen LogP contribution in [-0.4, -0.2) is 25.2 Å². The summed E-state index contributed by atoms with van der Waals surface area (Å²) in [7, 11) is 2.95. The smallest absolute Gasteiger partial charge is 0.242 e. The lowest BCUT2D eigenvalue weighted by atomic mass is 9.99. The molecule has 0 aliphatic carbocycles. The summed E-state index contributed by atoms with van der Waals surface area (Å²) in [5.41, 5.74) is 1.22. The number of phenols is 1. The molecule has 0 bridgehead atoms. The topological polar surface area (TPSA) is 91.6 Å². The minimum atomic E-state index is -0.885. The van der Waals surface area contributed by atoms with Crippen LogP contribution >= 0.6 is 0 Å². The molecule has 0 aromatic heterocycles. The van der Waals surface area contributed by atoms with E-state index in [1.165, 1.54) is 20.3 Å². The Hall–Kier alpha value is -3.20. The number of phenolic OH excluding ortho intramolecular Hbond substituents is 1.